The average molecular weight is 252 g/mol. The maximum absolute atomic E-state index is 13.3. The number of halogens is 1. The van der Waals surface area contributed by atoms with Crippen LogP contribution in [0.5, 0.6) is 0 Å². The Hall–Kier alpha value is -1.71. The highest BCUT2D eigenvalue weighted by atomic mass is 19.1. The van der Waals surface area contributed by atoms with Crippen molar-refractivity contribution in [2.75, 3.05) is 0 Å². The van der Waals surface area contributed by atoms with E-state index in [1.54, 1.807) is 32.9 Å². The van der Waals surface area contributed by atoms with Crippen molar-refractivity contribution in [3.8, 4) is 0 Å². The Morgan fingerprint density at radius 2 is 1.89 bits per heavy atom. The van der Waals surface area contributed by atoms with Gasteiger partial charge in [0.2, 0.25) is 0 Å². The molecule has 0 saturated heterocycles. The number of hydrogen-bond acceptors (Lipinski definition) is 2. The average Bonchev–Trinajstić information content (AvgIpc) is 2.19. The fourth-order valence-corrected chi connectivity index (χ4v) is 1.77. The summed E-state index contributed by atoms with van der Waals surface area (Å²) in [4.78, 5) is 22.6. The van der Waals surface area contributed by atoms with Gasteiger partial charge in [-0.3, -0.25) is 9.59 Å². The molecule has 0 bridgehead atoms. The van der Waals surface area contributed by atoms with Crippen LogP contribution in [0.1, 0.15) is 42.6 Å². The maximum atomic E-state index is 13.3. The summed E-state index contributed by atoms with van der Waals surface area (Å²) in [6.07, 6.45) is -0.00507. The number of carboxylic acid groups (broad SMARTS) is 1. The molecular formula is C14H17FO3. The third-order valence-corrected chi connectivity index (χ3v) is 2.76. The van der Waals surface area contributed by atoms with Crippen LogP contribution >= 0.6 is 0 Å². The Morgan fingerprint density at radius 1 is 1.28 bits per heavy atom. The lowest BCUT2D eigenvalue weighted by Gasteiger charge is -2.21. The van der Waals surface area contributed by atoms with Gasteiger partial charge in [0.25, 0.3) is 0 Å². The topological polar surface area (TPSA) is 54.4 Å². The highest BCUT2D eigenvalue weighted by Crippen LogP contribution is 2.27. The van der Waals surface area contributed by atoms with Gasteiger partial charge in [0.15, 0.2) is 5.78 Å². The molecule has 0 radical (unpaired) electrons. The number of rotatable bonds is 5. The van der Waals surface area contributed by atoms with E-state index >= 15 is 0 Å². The Morgan fingerprint density at radius 3 is 2.39 bits per heavy atom. The molecule has 0 aliphatic carbocycles. The van der Waals surface area contributed by atoms with E-state index in [2.05, 4.69) is 0 Å². The molecule has 0 heterocycles. The number of Topliss-reactive ketones (excluding diaryl/α,β-unsaturated/α-hetero) is 1. The van der Waals surface area contributed by atoms with Crippen LogP contribution in [0.25, 0.3) is 0 Å². The molecule has 0 saturated carbocycles. The molecule has 0 aromatic heterocycles. The zero-order valence-electron chi connectivity index (χ0n) is 10.8. The number of ketones is 1. The van der Waals surface area contributed by atoms with Gasteiger partial charge >= 0.3 is 5.97 Å². The SMILES string of the molecule is Cc1ccc(C(=O)CC(C)(C)CC(=O)O)cc1F. The molecule has 0 unspecified atom stereocenters. The summed E-state index contributed by atoms with van der Waals surface area (Å²) < 4.78 is 13.3. The lowest BCUT2D eigenvalue weighted by atomic mass is 9.82. The summed E-state index contributed by atoms with van der Waals surface area (Å²) in [5, 5.41) is 8.74. The zero-order chi connectivity index (χ0) is 13.9. The van der Waals surface area contributed by atoms with Crippen molar-refractivity contribution in [2.45, 2.75) is 33.6 Å². The van der Waals surface area contributed by atoms with Crippen molar-refractivity contribution in [1.82, 2.24) is 0 Å². The third kappa shape index (κ3) is 3.95. The first-order chi connectivity index (χ1) is 8.21. The van der Waals surface area contributed by atoms with E-state index in [4.69, 9.17) is 5.11 Å². The van der Waals surface area contributed by atoms with Crippen LogP contribution in [0.4, 0.5) is 4.39 Å². The van der Waals surface area contributed by atoms with Gasteiger partial charge in [0.05, 0.1) is 6.42 Å². The fraction of sp³-hybridized carbons (Fsp3) is 0.429. The van der Waals surface area contributed by atoms with Crippen molar-refractivity contribution in [2.24, 2.45) is 5.41 Å². The van der Waals surface area contributed by atoms with E-state index in [0.29, 0.717) is 5.56 Å². The highest BCUT2D eigenvalue weighted by Gasteiger charge is 2.25. The second kappa shape index (κ2) is 5.29. The molecule has 1 N–H and O–H groups in total. The predicted molar refractivity (Wildman–Crippen MR) is 66.1 cm³/mol. The lowest BCUT2D eigenvalue weighted by molar-refractivity contribution is -0.139. The Balaban J connectivity index is 2.82. The quantitative estimate of drug-likeness (QED) is 0.819. The van der Waals surface area contributed by atoms with Gasteiger partial charge in [0, 0.05) is 12.0 Å². The van der Waals surface area contributed by atoms with E-state index < -0.39 is 17.2 Å². The van der Waals surface area contributed by atoms with E-state index in [-0.39, 0.29) is 24.2 Å². The summed E-state index contributed by atoms with van der Waals surface area (Å²) in [6.45, 7) is 5.05. The Kier molecular flexibility index (Phi) is 4.22. The van der Waals surface area contributed by atoms with Crippen molar-refractivity contribution in [1.29, 1.82) is 0 Å². The van der Waals surface area contributed by atoms with Crippen LogP contribution in [0.15, 0.2) is 18.2 Å². The number of carbonyl (C=O) groups is 2. The molecule has 1 aromatic rings. The van der Waals surface area contributed by atoms with E-state index in [1.807, 2.05) is 0 Å². The van der Waals surface area contributed by atoms with Gasteiger partial charge in [-0.15, -0.1) is 0 Å². The van der Waals surface area contributed by atoms with Gasteiger partial charge in [-0.05, 0) is 24.0 Å². The number of hydrogen-bond donors (Lipinski definition) is 1. The Bertz CT molecular complexity index is 478. The van der Waals surface area contributed by atoms with Crippen LogP contribution in [0.3, 0.4) is 0 Å². The zero-order valence-corrected chi connectivity index (χ0v) is 10.8. The molecule has 3 nitrogen and oxygen atoms in total. The standard InChI is InChI=1S/C14H17FO3/c1-9-4-5-10(6-11(9)15)12(16)7-14(2,3)8-13(17)18/h4-6H,7-8H2,1-3H3,(H,17,18). The van der Waals surface area contributed by atoms with Gasteiger partial charge in [-0.1, -0.05) is 26.0 Å². The largest absolute Gasteiger partial charge is 0.481 e. The summed E-state index contributed by atoms with van der Waals surface area (Å²) >= 11 is 0. The number of carbonyl (C=O) groups excluding carboxylic acids is 1. The van der Waals surface area contributed by atoms with Gasteiger partial charge < -0.3 is 5.11 Å². The monoisotopic (exact) mass is 252 g/mol. The molecule has 1 rings (SSSR count). The van der Waals surface area contributed by atoms with Crippen molar-refractivity contribution < 1.29 is 19.1 Å². The summed E-state index contributed by atoms with van der Waals surface area (Å²) in [5.41, 5.74) is 0.137. The molecule has 0 atom stereocenters. The molecular weight excluding hydrogens is 235 g/mol. The van der Waals surface area contributed by atoms with Crippen molar-refractivity contribution in [3.05, 3.63) is 35.1 Å². The molecule has 98 valence electrons. The lowest BCUT2D eigenvalue weighted by Crippen LogP contribution is -2.21. The second-order valence-electron chi connectivity index (χ2n) is 5.30. The van der Waals surface area contributed by atoms with E-state index in [0.717, 1.165) is 0 Å². The number of benzene rings is 1. The highest BCUT2D eigenvalue weighted by molar-refractivity contribution is 5.96. The Labute approximate surface area is 106 Å². The molecule has 0 aliphatic rings. The first kappa shape index (κ1) is 14.4. The van der Waals surface area contributed by atoms with Crippen molar-refractivity contribution in [3.63, 3.8) is 0 Å². The smallest absolute Gasteiger partial charge is 0.303 e. The first-order valence-corrected chi connectivity index (χ1v) is 5.72. The van der Waals surface area contributed by atoms with Gasteiger partial charge in [-0.25, -0.2) is 4.39 Å². The molecule has 4 heteroatoms. The molecule has 0 spiro atoms. The van der Waals surface area contributed by atoms with Gasteiger partial charge in [-0.2, -0.15) is 0 Å². The second-order valence-corrected chi connectivity index (χ2v) is 5.30. The normalized spacial score (nSPS) is 11.3. The van der Waals surface area contributed by atoms with Crippen LogP contribution in [0, 0.1) is 18.2 Å². The molecule has 18 heavy (non-hydrogen) atoms. The summed E-state index contributed by atoms with van der Waals surface area (Å²) in [7, 11) is 0. The van der Waals surface area contributed by atoms with E-state index in [1.165, 1.54) is 6.07 Å². The maximum Gasteiger partial charge on any atom is 0.303 e. The molecule has 0 fully saturated rings. The fourth-order valence-electron chi connectivity index (χ4n) is 1.77. The minimum atomic E-state index is -0.942. The van der Waals surface area contributed by atoms with E-state index in [9.17, 15) is 14.0 Å². The van der Waals surface area contributed by atoms with Crippen LogP contribution in [-0.2, 0) is 4.79 Å². The minimum Gasteiger partial charge on any atom is -0.481 e. The summed E-state index contributed by atoms with van der Waals surface area (Å²) in [6, 6.07) is 4.32. The van der Waals surface area contributed by atoms with Crippen molar-refractivity contribution >= 4 is 11.8 Å². The molecule has 0 amide bonds. The van der Waals surface area contributed by atoms with Gasteiger partial charge in [0.1, 0.15) is 5.82 Å². The third-order valence-electron chi connectivity index (χ3n) is 2.76. The molecule has 1 aromatic carbocycles. The van der Waals surface area contributed by atoms with Crippen LogP contribution in [-0.4, -0.2) is 16.9 Å². The number of aliphatic carboxylic acids is 1. The minimum absolute atomic E-state index is 0.0851. The first-order valence-electron chi connectivity index (χ1n) is 5.72. The predicted octanol–water partition coefficient (Wildman–Crippen LogP) is 3.21. The summed E-state index contributed by atoms with van der Waals surface area (Å²) in [5.74, 6) is -1.60. The number of carboxylic acids is 1. The van der Waals surface area contributed by atoms with Crippen LogP contribution in [0.2, 0.25) is 0 Å². The van der Waals surface area contributed by atoms with Crippen LogP contribution < -0.4 is 0 Å². The number of aryl methyl sites for hydroxylation is 1. The molecule has 0 aliphatic heterocycles.